The van der Waals surface area contributed by atoms with Crippen molar-refractivity contribution in [1.29, 1.82) is 5.26 Å². The summed E-state index contributed by atoms with van der Waals surface area (Å²) in [5, 5.41) is 18.3. The van der Waals surface area contributed by atoms with Crippen molar-refractivity contribution >= 4 is 17.6 Å². The van der Waals surface area contributed by atoms with Crippen LogP contribution < -0.4 is 4.90 Å². The Bertz CT molecular complexity index is 494. The standard InChI is InChI=1S/C13H18N4S/c1-8-9(2)15-16-13(12(8)7-14)17-5-6-18-11(4)10(17)3/h10-11H,5-6H2,1-4H3. The zero-order valence-electron chi connectivity index (χ0n) is 11.3. The van der Waals surface area contributed by atoms with Crippen LogP contribution in [0.4, 0.5) is 5.82 Å². The van der Waals surface area contributed by atoms with Gasteiger partial charge in [0.15, 0.2) is 5.82 Å². The van der Waals surface area contributed by atoms with E-state index in [9.17, 15) is 5.26 Å². The first kappa shape index (κ1) is 13.2. The molecule has 1 aliphatic rings. The molecule has 1 aliphatic heterocycles. The molecule has 2 atom stereocenters. The molecule has 2 unspecified atom stereocenters. The van der Waals surface area contributed by atoms with Crippen LogP contribution in [-0.2, 0) is 0 Å². The highest BCUT2D eigenvalue weighted by molar-refractivity contribution is 8.00. The SMILES string of the molecule is Cc1nnc(N2CCSC(C)C2C)c(C#N)c1C. The first-order valence-corrected chi connectivity index (χ1v) is 7.23. The molecule has 5 heteroatoms. The van der Waals surface area contributed by atoms with Gasteiger partial charge in [0, 0.05) is 23.6 Å². The molecule has 0 bridgehead atoms. The van der Waals surface area contributed by atoms with Crippen molar-refractivity contribution in [2.24, 2.45) is 0 Å². The summed E-state index contributed by atoms with van der Waals surface area (Å²) in [6, 6.07) is 2.67. The topological polar surface area (TPSA) is 52.8 Å². The maximum absolute atomic E-state index is 9.36. The summed E-state index contributed by atoms with van der Waals surface area (Å²) < 4.78 is 0. The summed E-state index contributed by atoms with van der Waals surface area (Å²) in [5.74, 6) is 1.82. The first-order chi connectivity index (χ1) is 8.56. The van der Waals surface area contributed by atoms with Crippen LogP contribution in [0, 0.1) is 25.2 Å². The predicted molar refractivity (Wildman–Crippen MR) is 74.9 cm³/mol. The summed E-state index contributed by atoms with van der Waals surface area (Å²) >= 11 is 1.97. The van der Waals surface area contributed by atoms with E-state index in [2.05, 4.69) is 35.0 Å². The summed E-state index contributed by atoms with van der Waals surface area (Å²) in [5.41, 5.74) is 2.46. The number of rotatable bonds is 1. The van der Waals surface area contributed by atoms with Gasteiger partial charge >= 0.3 is 0 Å². The summed E-state index contributed by atoms with van der Waals surface area (Å²) in [6.07, 6.45) is 0. The van der Waals surface area contributed by atoms with Crippen LogP contribution in [0.2, 0.25) is 0 Å². The third-order valence-electron chi connectivity index (χ3n) is 3.70. The molecule has 2 heterocycles. The average molecular weight is 262 g/mol. The molecule has 0 N–H and O–H groups in total. The van der Waals surface area contributed by atoms with Crippen LogP contribution in [0.3, 0.4) is 0 Å². The average Bonchev–Trinajstić information content (AvgIpc) is 2.36. The number of aryl methyl sites for hydroxylation is 1. The maximum atomic E-state index is 9.36. The molecular formula is C13H18N4S. The Morgan fingerprint density at radius 1 is 1.33 bits per heavy atom. The smallest absolute Gasteiger partial charge is 0.169 e. The molecule has 0 saturated carbocycles. The minimum absolute atomic E-state index is 0.382. The second-order valence-electron chi connectivity index (χ2n) is 4.73. The van der Waals surface area contributed by atoms with Crippen molar-refractivity contribution in [2.75, 3.05) is 17.2 Å². The Labute approximate surface area is 112 Å². The second-order valence-corrected chi connectivity index (χ2v) is 6.22. The monoisotopic (exact) mass is 262 g/mol. The number of aromatic nitrogens is 2. The number of hydrogen-bond donors (Lipinski definition) is 0. The number of hydrogen-bond acceptors (Lipinski definition) is 5. The minimum atomic E-state index is 0.382. The molecular weight excluding hydrogens is 244 g/mol. The van der Waals surface area contributed by atoms with Gasteiger partial charge in [-0.05, 0) is 26.3 Å². The third-order valence-corrected chi connectivity index (χ3v) is 5.04. The van der Waals surface area contributed by atoms with Crippen molar-refractivity contribution in [1.82, 2.24) is 10.2 Å². The highest BCUT2D eigenvalue weighted by Gasteiger charge is 2.28. The van der Waals surface area contributed by atoms with E-state index in [4.69, 9.17) is 0 Å². The van der Waals surface area contributed by atoms with Gasteiger partial charge in [-0.1, -0.05) is 6.92 Å². The lowest BCUT2D eigenvalue weighted by atomic mass is 10.1. The Kier molecular flexibility index (Phi) is 3.76. The Balaban J connectivity index is 2.45. The van der Waals surface area contributed by atoms with Gasteiger partial charge in [0.2, 0.25) is 0 Å². The van der Waals surface area contributed by atoms with Gasteiger partial charge in [-0.3, -0.25) is 0 Å². The third kappa shape index (κ3) is 2.17. The number of nitriles is 1. The molecule has 0 spiro atoms. The van der Waals surface area contributed by atoms with Gasteiger partial charge in [-0.15, -0.1) is 5.10 Å². The largest absolute Gasteiger partial charge is 0.349 e. The fourth-order valence-electron chi connectivity index (χ4n) is 2.16. The van der Waals surface area contributed by atoms with Crippen LogP contribution in [0.25, 0.3) is 0 Å². The quantitative estimate of drug-likeness (QED) is 0.777. The second kappa shape index (κ2) is 5.15. The Hall–Kier alpha value is -1.28. The maximum Gasteiger partial charge on any atom is 0.169 e. The molecule has 1 saturated heterocycles. The lowest BCUT2D eigenvalue weighted by Gasteiger charge is -2.38. The minimum Gasteiger partial charge on any atom is -0.349 e. The van der Waals surface area contributed by atoms with Crippen LogP contribution in [0.15, 0.2) is 0 Å². The van der Waals surface area contributed by atoms with Crippen molar-refractivity contribution in [3.05, 3.63) is 16.8 Å². The number of thioether (sulfide) groups is 1. The molecule has 18 heavy (non-hydrogen) atoms. The lowest BCUT2D eigenvalue weighted by molar-refractivity contribution is 0.614. The Morgan fingerprint density at radius 2 is 2.06 bits per heavy atom. The van der Waals surface area contributed by atoms with E-state index < -0.39 is 0 Å². The van der Waals surface area contributed by atoms with E-state index in [0.29, 0.717) is 16.9 Å². The molecule has 1 aromatic heterocycles. The van der Waals surface area contributed by atoms with Crippen molar-refractivity contribution in [2.45, 2.75) is 39.0 Å². The van der Waals surface area contributed by atoms with Crippen molar-refractivity contribution in [3.63, 3.8) is 0 Å². The van der Waals surface area contributed by atoms with Gasteiger partial charge in [0.1, 0.15) is 11.6 Å². The highest BCUT2D eigenvalue weighted by atomic mass is 32.2. The van der Waals surface area contributed by atoms with Crippen molar-refractivity contribution < 1.29 is 0 Å². The van der Waals surface area contributed by atoms with E-state index in [1.165, 1.54) is 0 Å². The van der Waals surface area contributed by atoms with E-state index in [1.807, 2.05) is 25.6 Å². The number of nitrogens with zero attached hydrogens (tertiary/aromatic N) is 4. The van der Waals surface area contributed by atoms with Crippen LogP contribution in [0.1, 0.15) is 30.7 Å². The fraction of sp³-hybridized carbons (Fsp3) is 0.615. The van der Waals surface area contributed by atoms with E-state index in [0.717, 1.165) is 29.4 Å². The molecule has 1 fully saturated rings. The van der Waals surface area contributed by atoms with Crippen LogP contribution in [0.5, 0.6) is 0 Å². The summed E-state index contributed by atoms with van der Waals surface area (Å²) in [7, 11) is 0. The van der Waals surface area contributed by atoms with Gasteiger partial charge < -0.3 is 4.90 Å². The molecule has 96 valence electrons. The van der Waals surface area contributed by atoms with E-state index in [1.54, 1.807) is 0 Å². The fourth-order valence-corrected chi connectivity index (χ4v) is 3.26. The lowest BCUT2D eigenvalue weighted by Crippen LogP contribution is -2.45. The normalized spacial score (nSPS) is 23.8. The predicted octanol–water partition coefficient (Wildman–Crippen LogP) is 2.30. The first-order valence-electron chi connectivity index (χ1n) is 6.18. The summed E-state index contributed by atoms with van der Waals surface area (Å²) in [4.78, 5) is 2.22. The Morgan fingerprint density at radius 3 is 2.72 bits per heavy atom. The zero-order valence-corrected chi connectivity index (χ0v) is 12.1. The van der Waals surface area contributed by atoms with Crippen molar-refractivity contribution in [3.8, 4) is 6.07 Å². The van der Waals surface area contributed by atoms with Gasteiger partial charge in [-0.2, -0.15) is 22.1 Å². The zero-order chi connectivity index (χ0) is 13.3. The summed E-state index contributed by atoms with van der Waals surface area (Å²) in [6.45, 7) is 9.18. The van der Waals surface area contributed by atoms with E-state index in [-0.39, 0.29) is 0 Å². The van der Waals surface area contributed by atoms with Crippen LogP contribution in [-0.4, -0.2) is 33.8 Å². The molecule has 0 amide bonds. The molecule has 0 aliphatic carbocycles. The molecule has 0 radical (unpaired) electrons. The molecule has 0 aromatic carbocycles. The number of anilines is 1. The van der Waals surface area contributed by atoms with Gasteiger partial charge in [0.05, 0.1) is 5.69 Å². The molecule has 1 aromatic rings. The van der Waals surface area contributed by atoms with Crippen LogP contribution >= 0.6 is 11.8 Å². The van der Waals surface area contributed by atoms with Gasteiger partial charge in [-0.25, -0.2) is 0 Å². The highest BCUT2D eigenvalue weighted by Crippen LogP contribution is 2.30. The van der Waals surface area contributed by atoms with E-state index >= 15 is 0 Å². The molecule has 2 rings (SSSR count). The molecule has 4 nitrogen and oxygen atoms in total. The van der Waals surface area contributed by atoms with Gasteiger partial charge in [0.25, 0.3) is 0 Å².